The van der Waals surface area contributed by atoms with Crippen LogP contribution in [-0.2, 0) is 15.0 Å². The highest BCUT2D eigenvalue weighted by Crippen LogP contribution is 2.42. The Morgan fingerprint density at radius 1 is 1.09 bits per heavy atom. The van der Waals surface area contributed by atoms with Gasteiger partial charge in [-0.25, -0.2) is 4.79 Å². The number of amides is 4. The lowest BCUT2D eigenvalue weighted by Crippen LogP contribution is -2.48. The number of hydrogen-bond acceptors (Lipinski definition) is 4. The van der Waals surface area contributed by atoms with E-state index >= 15 is 0 Å². The predicted molar refractivity (Wildman–Crippen MR) is 123 cm³/mol. The molecule has 32 heavy (non-hydrogen) atoms. The summed E-state index contributed by atoms with van der Waals surface area (Å²) >= 11 is 0. The average molecular weight is 441 g/mol. The largest absolute Gasteiger partial charge is 0.353 e. The molecule has 1 aromatic carbocycles. The van der Waals surface area contributed by atoms with Gasteiger partial charge in [-0.05, 0) is 45.1 Å². The number of carbonyl (C=O) groups excluding carboxylic acids is 3. The molecule has 1 aromatic rings. The second-order valence-electron chi connectivity index (χ2n) is 10.2. The predicted octanol–water partition coefficient (Wildman–Crippen LogP) is 2.80. The van der Waals surface area contributed by atoms with Gasteiger partial charge in [0.1, 0.15) is 5.54 Å². The maximum Gasteiger partial charge on any atom is 0.325 e. The molecule has 0 spiro atoms. The maximum absolute atomic E-state index is 12.4. The molecule has 7 nitrogen and oxygen atoms in total. The first-order valence-corrected chi connectivity index (χ1v) is 12.0. The number of imide groups is 1. The molecule has 2 heterocycles. The highest BCUT2D eigenvalue weighted by atomic mass is 16.2. The summed E-state index contributed by atoms with van der Waals surface area (Å²) < 4.78 is 0. The molecule has 4 amide bonds. The van der Waals surface area contributed by atoms with Gasteiger partial charge in [0.05, 0.1) is 0 Å². The summed E-state index contributed by atoms with van der Waals surface area (Å²) in [6, 6.07) is 10.7. The van der Waals surface area contributed by atoms with Gasteiger partial charge in [0.2, 0.25) is 5.91 Å². The van der Waals surface area contributed by atoms with Crippen molar-refractivity contribution in [3.05, 3.63) is 35.9 Å². The number of carbonyl (C=O) groups is 3. The van der Waals surface area contributed by atoms with Gasteiger partial charge < -0.3 is 15.5 Å². The van der Waals surface area contributed by atoms with Crippen LogP contribution in [0.25, 0.3) is 0 Å². The molecule has 2 N–H and O–H groups in total. The van der Waals surface area contributed by atoms with E-state index in [4.69, 9.17) is 0 Å². The van der Waals surface area contributed by atoms with Gasteiger partial charge in [0, 0.05) is 44.1 Å². The molecule has 0 radical (unpaired) electrons. The zero-order valence-corrected chi connectivity index (χ0v) is 19.4. The Hall–Kier alpha value is -2.41. The molecule has 3 fully saturated rings. The minimum absolute atomic E-state index is 0.0923. The highest BCUT2D eigenvalue weighted by Gasteiger charge is 2.44. The van der Waals surface area contributed by atoms with E-state index in [1.54, 1.807) is 13.8 Å². The Labute approximate surface area is 190 Å². The summed E-state index contributed by atoms with van der Waals surface area (Å²) in [6.45, 7) is 6.54. The summed E-state index contributed by atoms with van der Waals surface area (Å²) in [5.74, 6) is -0.367. The molecule has 7 heteroatoms. The van der Waals surface area contributed by atoms with E-state index in [1.165, 1.54) is 31.2 Å². The van der Waals surface area contributed by atoms with E-state index in [1.807, 2.05) is 0 Å². The fourth-order valence-corrected chi connectivity index (χ4v) is 5.58. The topological polar surface area (TPSA) is 81.8 Å². The van der Waals surface area contributed by atoms with Crippen molar-refractivity contribution in [3.8, 4) is 0 Å². The average Bonchev–Trinajstić information content (AvgIpc) is 3.32. The fourth-order valence-electron chi connectivity index (χ4n) is 5.58. The van der Waals surface area contributed by atoms with Gasteiger partial charge >= 0.3 is 6.03 Å². The summed E-state index contributed by atoms with van der Waals surface area (Å²) in [5.41, 5.74) is 0.849. The molecule has 0 atom stereocenters. The molecule has 1 saturated carbocycles. The number of benzene rings is 1. The van der Waals surface area contributed by atoms with Crippen LogP contribution in [0.2, 0.25) is 0 Å². The van der Waals surface area contributed by atoms with Gasteiger partial charge in [-0.1, -0.05) is 43.2 Å². The van der Waals surface area contributed by atoms with Crippen molar-refractivity contribution in [3.63, 3.8) is 0 Å². The molecule has 2 aliphatic heterocycles. The van der Waals surface area contributed by atoms with Gasteiger partial charge in [0.25, 0.3) is 5.91 Å². The zero-order valence-electron chi connectivity index (χ0n) is 19.4. The Bertz CT molecular complexity index is 840. The smallest absolute Gasteiger partial charge is 0.325 e. The summed E-state index contributed by atoms with van der Waals surface area (Å²) in [4.78, 5) is 40.4. The number of rotatable bonds is 7. The Morgan fingerprint density at radius 3 is 2.34 bits per heavy atom. The van der Waals surface area contributed by atoms with Crippen molar-refractivity contribution in [2.24, 2.45) is 0 Å². The second kappa shape index (κ2) is 9.22. The van der Waals surface area contributed by atoms with E-state index in [2.05, 4.69) is 45.9 Å². The highest BCUT2D eigenvalue weighted by molar-refractivity contribution is 6.06. The molecule has 1 aliphatic carbocycles. The van der Waals surface area contributed by atoms with E-state index in [0.29, 0.717) is 0 Å². The first-order chi connectivity index (χ1) is 15.3. The fraction of sp³-hybridized carbons (Fsp3) is 0.640. The van der Waals surface area contributed by atoms with Gasteiger partial charge in [-0.15, -0.1) is 0 Å². The Kier molecular flexibility index (Phi) is 6.56. The minimum atomic E-state index is -0.892. The number of urea groups is 1. The van der Waals surface area contributed by atoms with E-state index in [-0.39, 0.29) is 36.2 Å². The van der Waals surface area contributed by atoms with Crippen LogP contribution < -0.4 is 10.6 Å². The second-order valence-corrected chi connectivity index (χ2v) is 10.2. The summed E-state index contributed by atoms with van der Waals surface area (Å²) in [6.07, 6.45) is 7.14. The van der Waals surface area contributed by atoms with Crippen molar-refractivity contribution in [1.82, 2.24) is 20.4 Å². The summed E-state index contributed by atoms with van der Waals surface area (Å²) in [7, 11) is 0. The number of likely N-dealkylation sites (tertiary alicyclic amines) is 1. The lowest BCUT2D eigenvalue weighted by atomic mass is 9.78. The first kappa shape index (κ1) is 22.8. The van der Waals surface area contributed by atoms with Crippen molar-refractivity contribution in [1.29, 1.82) is 0 Å². The minimum Gasteiger partial charge on any atom is -0.353 e. The van der Waals surface area contributed by atoms with Crippen LogP contribution in [0.3, 0.4) is 0 Å². The normalized spacial score (nSPS) is 23.4. The molecule has 0 bridgehead atoms. The van der Waals surface area contributed by atoms with Crippen molar-refractivity contribution >= 4 is 17.8 Å². The van der Waals surface area contributed by atoms with Crippen molar-refractivity contribution in [2.75, 3.05) is 26.2 Å². The zero-order chi connectivity index (χ0) is 22.8. The number of piperidine rings is 1. The van der Waals surface area contributed by atoms with Gasteiger partial charge in [-0.3, -0.25) is 14.5 Å². The number of hydrogen-bond donors (Lipinski definition) is 2. The Morgan fingerprint density at radius 2 is 1.75 bits per heavy atom. The van der Waals surface area contributed by atoms with Crippen LogP contribution in [0.5, 0.6) is 0 Å². The van der Waals surface area contributed by atoms with Crippen LogP contribution in [0.4, 0.5) is 4.79 Å². The van der Waals surface area contributed by atoms with Crippen LogP contribution in [-0.4, -0.2) is 65.4 Å². The molecule has 0 unspecified atom stereocenters. The standard InChI is InChI=1S/C25H36N4O3/c1-24(2)22(31)29(23(32)27-24)17-12-21(30)26-20-10-15-28(16-11-20)18-25(13-6-7-14-25)19-8-4-3-5-9-19/h3-5,8-9,20H,6-7,10-18H2,1-2H3,(H,26,30)(H,27,32). The van der Waals surface area contributed by atoms with E-state index in [0.717, 1.165) is 37.4 Å². The third-order valence-electron chi connectivity index (χ3n) is 7.43. The third-order valence-corrected chi connectivity index (χ3v) is 7.43. The van der Waals surface area contributed by atoms with E-state index in [9.17, 15) is 14.4 Å². The quantitative estimate of drug-likeness (QED) is 0.639. The summed E-state index contributed by atoms with van der Waals surface area (Å²) in [5, 5.41) is 5.76. The van der Waals surface area contributed by atoms with E-state index < -0.39 is 11.6 Å². The maximum atomic E-state index is 12.4. The molecular formula is C25H36N4O3. The number of nitrogens with one attached hydrogen (secondary N) is 2. The molecular weight excluding hydrogens is 404 g/mol. The molecule has 174 valence electrons. The van der Waals surface area contributed by atoms with Crippen LogP contribution in [0.15, 0.2) is 30.3 Å². The van der Waals surface area contributed by atoms with Gasteiger partial charge in [-0.2, -0.15) is 0 Å². The molecule has 3 aliphatic rings. The lowest BCUT2D eigenvalue weighted by Gasteiger charge is -2.39. The molecule has 4 rings (SSSR count). The molecule has 0 aromatic heterocycles. The van der Waals surface area contributed by atoms with Crippen molar-refractivity contribution < 1.29 is 14.4 Å². The third kappa shape index (κ3) is 4.82. The monoisotopic (exact) mass is 440 g/mol. The van der Waals surface area contributed by atoms with Crippen LogP contribution >= 0.6 is 0 Å². The number of nitrogens with zero attached hydrogens (tertiary/aromatic N) is 2. The molecule has 2 saturated heterocycles. The van der Waals surface area contributed by atoms with Crippen molar-refractivity contribution in [2.45, 2.75) is 75.8 Å². The lowest BCUT2D eigenvalue weighted by molar-refractivity contribution is -0.130. The van der Waals surface area contributed by atoms with Crippen LogP contribution in [0.1, 0.15) is 64.4 Å². The Balaban J connectivity index is 1.23. The van der Waals surface area contributed by atoms with Crippen LogP contribution in [0, 0.1) is 0 Å². The SMILES string of the molecule is CC1(C)NC(=O)N(CCC(=O)NC2CCN(CC3(c4ccccc4)CCCC3)CC2)C1=O. The van der Waals surface area contributed by atoms with Gasteiger partial charge in [0.15, 0.2) is 0 Å². The first-order valence-electron chi connectivity index (χ1n) is 12.0.